The van der Waals surface area contributed by atoms with Crippen molar-refractivity contribution in [1.29, 1.82) is 0 Å². The van der Waals surface area contributed by atoms with Crippen molar-refractivity contribution in [3.63, 3.8) is 0 Å². The van der Waals surface area contributed by atoms with E-state index >= 15 is 0 Å². The minimum absolute atomic E-state index is 0.133. The topological polar surface area (TPSA) is 37.3 Å². The van der Waals surface area contributed by atoms with Crippen LogP contribution in [0.15, 0.2) is 40.4 Å². The van der Waals surface area contributed by atoms with Crippen LogP contribution in [0.25, 0.3) is 0 Å². The van der Waals surface area contributed by atoms with Crippen LogP contribution in [-0.2, 0) is 4.79 Å². The SMILES string of the molecule is O=C(O)C(=C(Br)C(Br)c1ccccc1)C(Br)(Br)Br. The number of hydrogen-bond donors (Lipinski definition) is 1. The maximum Gasteiger partial charge on any atom is 0.335 e. The van der Waals surface area contributed by atoms with Gasteiger partial charge in [0.2, 0.25) is 0 Å². The average Bonchev–Trinajstić information content (AvgIpc) is 2.26. The summed E-state index contributed by atoms with van der Waals surface area (Å²) in [6, 6.07) is 9.53. The van der Waals surface area contributed by atoms with E-state index in [0.717, 1.165) is 5.56 Å². The second-order valence-corrected chi connectivity index (χ2v) is 11.8. The summed E-state index contributed by atoms with van der Waals surface area (Å²) in [5.74, 6) is -1.03. The Morgan fingerprint density at radius 3 is 2.06 bits per heavy atom. The van der Waals surface area contributed by atoms with Gasteiger partial charge in [-0.15, -0.1) is 0 Å². The molecule has 0 bridgehead atoms. The summed E-state index contributed by atoms with van der Waals surface area (Å²) in [5.41, 5.74) is 1.09. The molecular weight excluding hydrogens is 564 g/mol. The summed E-state index contributed by atoms with van der Waals surface area (Å²) in [5, 5.41) is 9.28. The molecule has 0 radical (unpaired) electrons. The van der Waals surface area contributed by atoms with Crippen LogP contribution in [0.1, 0.15) is 10.4 Å². The molecular formula is C11H7Br5O2. The monoisotopic (exact) mass is 566 g/mol. The Kier molecular flexibility index (Phi) is 6.58. The second-order valence-electron chi connectivity index (χ2n) is 3.30. The van der Waals surface area contributed by atoms with E-state index in [0.29, 0.717) is 4.48 Å². The minimum Gasteiger partial charge on any atom is -0.478 e. The van der Waals surface area contributed by atoms with Gasteiger partial charge >= 0.3 is 5.97 Å². The molecule has 2 nitrogen and oxygen atoms in total. The van der Waals surface area contributed by atoms with E-state index in [4.69, 9.17) is 0 Å². The molecule has 0 aliphatic rings. The van der Waals surface area contributed by atoms with E-state index < -0.39 is 8.11 Å². The van der Waals surface area contributed by atoms with E-state index in [-0.39, 0.29) is 10.4 Å². The third kappa shape index (κ3) is 4.44. The Hall–Kier alpha value is 0.830. The summed E-state index contributed by atoms with van der Waals surface area (Å²) < 4.78 is -0.467. The van der Waals surface area contributed by atoms with Gasteiger partial charge in [0.25, 0.3) is 0 Å². The molecule has 1 rings (SSSR count). The maximum absolute atomic E-state index is 11.3. The van der Waals surface area contributed by atoms with Crippen LogP contribution in [0.4, 0.5) is 0 Å². The van der Waals surface area contributed by atoms with Gasteiger partial charge in [0, 0.05) is 4.48 Å². The third-order valence-electron chi connectivity index (χ3n) is 2.05. The summed E-state index contributed by atoms with van der Waals surface area (Å²) >= 11 is 16.5. The number of carboxylic acid groups (broad SMARTS) is 1. The molecule has 0 spiro atoms. The normalized spacial score (nSPS) is 14.9. The standard InChI is InChI=1S/C11H7Br5O2/c12-8(6-4-2-1-3-5-6)9(13)7(10(17)18)11(14,15)16/h1-5,8H,(H,17,18). The van der Waals surface area contributed by atoms with Gasteiger partial charge in [-0.3, -0.25) is 0 Å². The quantitative estimate of drug-likeness (QED) is 0.374. The van der Waals surface area contributed by atoms with Crippen molar-refractivity contribution in [3.8, 4) is 0 Å². The molecule has 0 aromatic heterocycles. The van der Waals surface area contributed by atoms with Gasteiger partial charge in [-0.2, -0.15) is 0 Å². The Morgan fingerprint density at radius 1 is 1.17 bits per heavy atom. The van der Waals surface area contributed by atoms with Crippen LogP contribution in [-0.4, -0.2) is 13.2 Å². The van der Waals surface area contributed by atoms with E-state index in [9.17, 15) is 9.90 Å². The van der Waals surface area contributed by atoms with Crippen molar-refractivity contribution in [2.45, 2.75) is 6.97 Å². The van der Waals surface area contributed by atoms with Gasteiger partial charge in [-0.1, -0.05) is 110 Å². The van der Waals surface area contributed by atoms with Crippen LogP contribution in [0, 0.1) is 0 Å². The fourth-order valence-corrected chi connectivity index (χ4v) is 4.47. The van der Waals surface area contributed by atoms with Crippen molar-refractivity contribution in [2.75, 3.05) is 0 Å². The Balaban J connectivity index is 3.25. The first-order valence-electron chi connectivity index (χ1n) is 4.64. The molecule has 0 saturated carbocycles. The van der Waals surface area contributed by atoms with Crippen LogP contribution >= 0.6 is 79.6 Å². The summed E-state index contributed by atoms with van der Waals surface area (Å²) in [6.45, 7) is 0. The van der Waals surface area contributed by atoms with Crippen LogP contribution in [0.3, 0.4) is 0 Å². The van der Waals surface area contributed by atoms with Gasteiger partial charge < -0.3 is 5.11 Å². The number of halogens is 5. The highest BCUT2D eigenvalue weighted by Gasteiger charge is 2.34. The fourth-order valence-electron chi connectivity index (χ4n) is 1.25. The van der Waals surface area contributed by atoms with Gasteiger partial charge in [-0.25, -0.2) is 4.79 Å². The van der Waals surface area contributed by atoms with Crippen LogP contribution < -0.4 is 0 Å². The van der Waals surface area contributed by atoms with Gasteiger partial charge in [0.05, 0.1) is 10.4 Å². The number of allylic oxidation sites excluding steroid dienone is 1. The van der Waals surface area contributed by atoms with Crippen molar-refractivity contribution >= 4 is 85.6 Å². The lowest BCUT2D eigenvalue weighted by atomic mass is 10.1. The van der Waals surface area contributed by atoms with E-state index in [1.807, 2.05) is 30.3 Å². The highest BCUT2D eigenvalue weighted by Crippen LogP contribution is 2.47. The first-order chi connectivity index (χ1) is 8.25. The number of benzene rings is 1. The van der Waals surface area contributed by atoms with E-state index in [2.05, 4.69) is 79.6 Å². The lowest BCUT2D eigenvalue weighted by Crippen LogP contribution is -2.17. The molecule has 0 saturated heterocycles. The van der Waals surface area contributed by atoms with Crippen LogP contribution in [0.5, 0.6) is 0 Å². The Labute approximate surface area is 147 Å². The van der Waals surface area contributed by atoms with Gasteiger partial charge in [-0.05, 0) is 5.56 Å². The zero-order valence-corrected chi connectivity index (χ0v) is 16.6. The molecule has 1 N–H and O–H groups in total. The number of carbonyl (C=O) groups is 1. The molecule has 1 aromatic carbocycles. The van der Waals surface area contributed by atoms with Crippen LogP contribution in [0.2, 0.25) is 0 Å². The molecule has 0 aliphatic carbocycles. The maximum atomic E-state index is 11.3. The fraction of sp³-hybridized carbons (Fsp3) is 0.182. The molecule has 0 fully saturated rings. The Morgan fingerprint density at radius 2 is 1.67 bits per heavy atom. The van der Waals surface area contributed by atoms with E-state index in [1.54, 1.807) is 0 Å². The predicted molar refractivity (Wildman–Crippen MR) is 91.2 cm³/mol. The molecule has 1 unspecified atom stereocenters. The molecule has 1 atom stereocenters. The zero-order valence-electron chi connectivity index (χ0n) is 8.71. The summed E-state index contributed by atoms with van der Waals surface area (Å²) in [7, 11) is 0. The second kappa shape index (κ2) is 7.02. The largest absolute Gasteiger partial charge is 0.478 e. The molecule has 0 amide bonds. The summed E-state index contributed by atoms with van der Waals surface area (Å²) in [4.78, 5) is 11.1. The zero-order chi connectivity index (χ0) is 13.9. The van der Waals surface area contributed by atoms with Crippen molar-refractivity contribution in [1.82, 2.24) is 0 Å². The first-order valence-corrected chi connectivity index (χ1v) is 8.73. The predicted octanol–water partition coefficient (Wildman–Crippen LogP) is 5.69. The Bertz CT molecular complexity index is 464. The van der Waals surface area contributed by atoms with Crippen molar-refractivity contribution < 1.29 is 9.90 Å². The molecule has 18 heavy (non-hydrogen) atoms. The minimum atomic E-state index is -1.03. The number of hydrogen-bond acceptors (Lipinski definition) is 1. The first kappa shape index (κ1) is 16.9. The number of aliphatic carboxylic acids is 1. The molecule has 98 valence electrons. The molecule has 0 heterocycles. The highest BCUT2D eigenvalue weighted by molar-refractivity contribution is 9.39. The molecule has 1 aromatic rings. The number of carboxylic acids is 1. The number of alkyl halides is 4. The third-order valence-corrected chi connectivity index (χ3v) is 5.70. The highest BCUT2D eigenvalue weighted by atomic mass is 80.0. The lowest BCUT2D eigenvalue weighted by Gasteiger charge is -2.19. The van der Waals surface area contributed by atoms with E-state index in [1.165, 1.54) is 0 Å². The lowest BCUT2D eigenvalue weighted by molar-refractivity contribution is -0.132. The summed E-state index contributed by atoms with van der Waals surface area (Å²) in [6.07, 6.45) is 0. The average molecular weight is 571 g/mol. The van der Waals surface area contributed by atoms with Gasteiger partial charge in [0.1, 0.15) is 0 Å². The number of rotatable bonds is 3. The smallest absolute Gasteiger partial charge is 0.335 e. The van der Waals surface area contributed by atoms with Gasteiger partial charge in [0.15, 0.2) is 2.14 Å². The van der Waals surface area contributed by atoms with Crippen molar-refractivity contribution in [2.24, 2.45) is 0 Å². The molecule has 0 aliphatic heterocycles. The van der Waals surface area contributed by atoms with Crippen molar-refractivity contribution in [3.05, 3.63) is 46.0 Å². The molecule has 7 heteroatoms.